The van der Waals surface area contributed by atoms with Crippen molar-refractivity contribution in [1.29, 1.82) is 0 Å². The molecule has 0 aliphatic heterocycles. The summed E-state index contributed by atoms with van der Waals surface area (Å²) >= 11 is 0. The Morgan fingerprint density at radius 3 is 2.24 bits per heavy atom. The van der Waals surface area contributed by atoms with Crippen LogP contribution in [0.4, 0.5) is 13.2 Å². The van der Waals surface area contributed by atoms with Gasteiger partial charge in [0.25, 0.3) is 0 Å². The van der Waals surface area contributed by atoms with Gasteiger partial charge in [0.1, 0.15) is 0 Å². The van der Waals surface area contributed by atoms with Crippen LogP contribution in [0, 0.1) is 22.9 Å². The molecule has 1 aliphatic rings. The van der Waals surface area contributed by atoms with E-state index < -0.39 is 23.0 Å². The predicted octanol–water partition coefficient (Wildman–Crippen LogP) is 3.47. The first-order valence-corrected chi connectivity index (χ1v) is 5.72. The third kappa shape index (κ3) is 1.66. The monoisotopic (exact) mass is 243 g/mol. The molecule has 17 heavy (non-hydrogen) atoms. The molecule has 0 saturated heterocycles. The zero-order valence-electron chi connectivity index (χ0n) is 9.99. The zero-order chi connectivity index (χ0) is 12.8. The second kappa shape index (κ2) is 3.73. The summed E-state index contributed by atoms with van der Waals surface area (Å²) in [5.74, 6) is -3.76. The fourth-order valence-corrected chi connectivity index (χ4v) is 2.74. The maximum Gasteiger partial charge on any atom is 0.194 e. The van der Waals surface area contributed by atoms with E-state index in [-0.39, 0.29) is 11.0 Å². The highest BCUT2D eigenvalue weighted by atomic mass is 19.2. The predicted molar refractivity (Wildman–Crippen MR) is 59.8 cm³/mol. The van der Waals surface area contributed by atoms with Crippen LogP contribution >= 0.6 is 0 Å². The molecule has 2 rings (SSSR count). The van der Waals surface area contributed by atoms with Crippen molar-refractivity contribution >= 4 is 0 Å². The Morgan fingerprint density at radius 2 is 1.71 bits per heavy atom. The van der Waals surface area contributed by atoms with Crippen LogP contribution in [-0.2, 0) is 5.54 Å². The molecule has 4 heteroatoms. The van der Waals surface area contributed by atoms with Gasteiger partial charge < -0.3 is 5.73 Å². The van der Waals surface area contributed by atoms with E-state index in [9.17, 15) is 13.2 Å². The molecule has 1 saturated carbocycles. The Kier molecular flexibility index (Phi) is 2.73. The lowest BCUT2D eigenvalue weighted by atomic mass is 9.71. The first-order chi connectivity index (χ1) is 7.79. The van der Waals surface area contributed by atoms with E-state index in [2.05, 4.69) is 0 Å². The van der Waals surface area contributed by atoms with Gasteiger partial charge in [-0.25, -0.2) is 13.2 Å². The van der Waals surface area contributed by atoms with Crippen molar-refractivity contribution in [2.45, 2.75) is 38.6 Å². The summed E-state index contributed by atoms with van der Waals surface area (Å²) in [6.45, 7) is 3.86. The second-order valence-electron chi connectivity index (χ2n) is 5.43. The number of halogens is 3. The second-order valence-corrected chi connectivity index (χ2v) is 5.43. The Labute approximate surface area is 98.8 Å². The third-order valence-corrected chi connectivity index (χ3v) is 4.10. The molecule has 0 amide bonds. The van der Waals surface area contributed by atoms with Crippen LogP contribution in [0.5, 0.6) is 0 Å². The summed E-state index contributed by atoms with van der Waals surface area (Å²) in [7, 11) is 0. The van der Waals surface area contributed by atoms with Gasteiger partial charge >= 0.3 is 0 Å². The standard InChI is InChI=1S/C13H16F3N/c1-12(2)6-3-7-13(12,17)8-4-5-9(14)11(16)10(8)15/h4-5H,3,6-7,17H2,1-2H3. The van der Waals surface area contributed by atoms with E-state index in [0.717, 1.165) is 18.9 Å². The van der Waals surface area contributed by atoms with Crippen LogP contribution in [-0.4, -0.2) is 0 Å². The minimum atomic E-state index is -1.44. The first-order valence-electron chi connectivity index (χ1n) is 5.72. The molecule has 0 radical (unpaired) electrons. The Hall–Kier alpha value is -1.03. The van der Waals surface area contributed by atoms with Crippen molar-refractivity contribution in [1.82, 2.24) is 0 Å². The molecule has 2 N–H and O–H groups in total. The van der Waals surface area contributed by atoms with Gasteiger partial charge in [0, 0.05) is 11.1 Å². The van der Waals surface area contributed by atoms with E-state index in [1.54, 1.807) is 0 Å². The van der Waals surface area contributed by atoms with Gasteiger partial charge in [-0.05, 0) is 24.3 Å². The number of hydrogen-bond donors (Lipinski definition) is 1. The summed E-state index contributed by atoms with van der Waals surface area (Å²) in [6.07, 6.45) is 2.30. The number of hydrogen-bond acceptors (Lipinski definition) is 1. The largest absolute Gasteiger partial charge is 0.321 e. The van der Waals surface area contributed by atoms with E-state index in [4.69, 9.17) is 5.73 Å². The molecule has 0 spiro atoms. The molecular weight excluding hydrogens is 227 g/mol. The van der Waals surface area contributed by atoms with Crippen LogP contribution in [0.25, 0.3) is 0 Å². The van der Waals surface area contributed by atoms with Gasteiger partial charge in [-0.2, -0.15) is 0 Å². The van der Waals surface area contributed by atoms with Crippen LogP contribution in [0.1, 0.15) is 38.7 Å². The molecule has 1 aliphatic carbocycles. The first kappa shape index (κ1) is 12.4. The van der Waals surface area contributed by atoms with E-state index in [1.165, 1.54) is 6.07 Å². The molecule has 0 bridgehead atoms. The van der Waals surface area contributed by atoms with Gasteiger partial charge in [0.05, 0.1) is 0 Å². The van der Waals surface area contributed by atoms with Gasteiger partial charge in [-0.1, -0.05) is 26.3 Å². The Bertz CT molecular complexity index is 456. The molecule has 0 aromatic heterocycles. The number of nitrogens with two attached hydrogens (primary N) is 1. The molecule has 1 aromatic rings. The summed E-state index contributed by atoms with van der Waals surface area (Å²) in [5, 5.41) is 0. The average molecular weight is 243 g/mol. The van der Waals surface area contributed by atoms with Crippen LogP contribution < -0.4 is 5.73 Å². The van der Waals surface area contributed by atoms with Crippen molar-refractivity contribution in [2.75, 3.05) is 0 Å². The normalized spacial score (nSPS) is 27.4. The molecule has 94 valence electrons. The summed E-state index contributed by atoms with van der Waals surface area (Å²) < 4.78 is 40.0. The molecular formula is C13H16F3N. The Balaban J connectivity index is 2.58. The molecule has 1 atom stereocenters. The molecule has 1 fully saturated rings. The van der Waals surface area contributed by atoms with Gasteiger partial charge in [-0.15, -0.1) is 0 Å². The lowest BCUT2D eigenvalue weighted by Gasteiger charge is -2.38. The van der Waals surface area contributed by atoms with Gasteiger partial charge in [0.2, 0.25) is 0 Å². The van der Waals surface area contributed by atoms with E-state index in [1.807, 2.05) is 13.8 Å². The lowest BCUT2D eigenvalue weighted by Crippen LogP contribution is -2.46. The van der Waals surface area contributed by atoms with Crippen molar-refractivity contribution < 1.29 is 13.2 Å². The maximum absolute atomic E-state index is 13.8. The van der Waals surface area contributed by atoms with Crippen LogP contribution in [0.3, 0.4) is 0 Å². The average Bonchev–Trinajstić information content (AvgIpc) is 2.51. The summed E-state index contributed by atoms with van der Waals surface area (Å²) in [4.78, 5) is 0. The number of rotatable bonds is 1. The van der Waals surface area contributed by atoms with Gasteiger partial charge in [0.15, 0.2) is 17.5 Å². The van der Waals surface area contributed by atoms with E-state index >= 15 is 0 Å². The smallest absolute Gasteiger partial charge is 0.194 e. The third-order valence-electron chi connectivity index (χ3n) is 4.10. The minimum absolute atomic E-state index is 0.0823. The summed E-state index contributed by atoms with van der Waals surface area (Å²) in [6, 6.07) is 2.21. The number of benzene rings is 1. The van der Waals surface area contributed by atoms with Crippen molar-refractivity contribution in [3.8, 4) is 0 Å². The van der Waals surface area contributed by atoms with Crippen LogP contribution in [0.2, 0.25) is 0 Å². The van der Waals surface area contributed by atoms with Crippen molar-refractivity contribution in [3.05, 3.63) is 35.1 Å². The Morgan fingerprint density at radius 1 is 1.06 bits per heavy atom. The molecule has 1 aromatic carbocycles. The van der Waals surface area contributed by atoms with Gasteiger partial charge in [-0.3, -0.25) is 0 Å². The minimum Gasteiger partial charge on any atom is -0.321 e. The fourth-order valence-electron chi connectivity index (χ4n) is 2.74. The highest BCUT2D eigenvalue weighted by Gasteiger charge is 2.48. The topological polar surface area (TPSA) is 26.0 Å². The van der Waals surface area contributed by atoms with Crippen molar-refractivity contribution in [3.63, 3.8) is 0 Å². The molecule has 1 nitrogen and oxygen atoms in total. The SMILES string of the molecule is CC1(C)CCCC1(N)c1ccc(F)c(F)c1F. The van der Waals surface area contributed by atoms with E-state index in [0.29, 0.717) is 6.42 Å². The van der Waals surface area contributed by atoms with Crippen molar-refractivity contribution in [2.24, 2.45) is 11.1 Å². The highest BCUT2D eigenvalue weighted by Crippen LogP contribution is 2.51. The fraction of sp³-hybridized carbons (Fsp3) is 0.538. The zero-order valence-corrected chi connectivity index (χ0v) is 9.99. The quantitative estimate of drug-likeness (QED) is 0.751. The molecule has 0 heterocycles. The summed E-state index contributed by atoms with van der Waals surface area (Å²) in [5.41, 5.74) is 5.08. The molecule has 1 unspecified atom stereocenters. The van der Waals surface area contributed by atoms with Crippen LogP contribution in [0.15, 0.2) is 12.1 Å². The lowest BCUT2D eigenvalue weighted by molar-refractivity contribution is 0.202. The maximum atomic E-state index is 13.8. The highest BCUT2D eigenvalue weighted by molar-refractivity contribution is 5.31.